The zero-order valence-electron chi connectivity index (χ0n) is 16.8. The summed E-state index contributed by atoms with van der Waals surface area (Å²) < 4.78 is 0. The number of nitrogens with zero attached hydrogens (tertiary/aromatic N) is 3. The second kappa shape index (κ2) is 8.62. The Kier molecular flexibility index (Phi) is 5.57. The van der Waals surface area contributed by atoms with Crippen LogP contribution in [0, 0.1) is 0 Å². The number of hydrogen-bond acceptors (Lipinski definition) is 6. The minimum atomic E-state index is -0.403. The predicted octanol–water partition coefficient (Wildman–Crippen LogP) is 4.25. The van der Waals surface area contributed by atoms with Crippen LogP contribution in [0.3, 0.4) is 0 Å². The Hall–Kier alpha value is -4.26. The first-order valence-corrected chi connectivity index (χ1v) is 9.76. The molecule has 4 rings (SSSR count). The van der Waals surface area contributed by atoms with Gasteiger partial charge in [-0.15, -0.1) is 0 Å². The third kappa shape index (κ3) is 4.20. The molecule has 0 spiro atoms. The van der Waals surface area contributed by atoms with Gasteiger partial charge >= 0.3 is 0 Å². The number of aromatic nitrogens is 2. The van der Waals surface area contributed by atoms with E-state index in [0.29, 0.717) is 39.9 Å². The molecule has 0 atom stereocenters. The van der Waals surface area contributed by atoms with Gasteiger partial charge in [-0.25, -0.2) is 10.4 Å². The molecule has 31 heavy (non-hydrogen) atoms. The quantitative estimate of drug-likeness (QED) is 0.258. The number of phenolic OH excluding ortho intramolecular Hbond substituents is 2. The predicted molar refractivity (Wildman–Crippen MR) is 119 cm³/mol. The van der Waals surface area contributed by atoms with Gasteiger partial charge in [-0.2, -0.15) is 5.10 Å². The fourth-order valence-electron chi connectivity index (χ4n) is 3.30. The van der Waals surface area contributed by atoms with Gasteiger partial charge in [-0.3, -0.25) is 9.78 Å². The van der Waals surface area contributed by atoms with Crippen LogP contribution in [-0.4, -0.2) is 31.8 Å². The van der Waals surface area contributed by atoms with Crippen molar-refractivity contribution in [1.29, 1.82) is 0 Å². The largest absolute Gasteiger partial charge is 0.508 e. The smallest absolute Gasteiger partial charge is 0.272 e. The molecule has 1 amide bonds. The third-order valence-corrected chi connectivity index (χ3v) is 4.86. The normalized spacial score (nSPS) is 11.5. The molecule has 3 N–H and O–H groups in total. The lowest BCUT2D eigenvalue weighted by molar-refractivity contribution is 0.0956. The number of para-hydroxylation sites is 1. The number of carbonyl (C=O) groups is 1. The number of nitrogens with one attached hydrogen (secondary N) is 1. The number of benzene rings is 2. The van der Waals surface area contributed by atoms with Crippen LogP contribution >= 0.6 is 0 Å². The average molecular weight is 412 g/mol. The number of hydrazone groups is 1. The monoisotopic (exact) mass is 412 g/mol. The third-order valence-electron chi connectivity index (χ3n) is 4.86. The van der Waals surface area contributed by atoms with E-state index in [0.717, 1.165) is 5.56 Å². The van der Waals surface area contributed by atoms with Crippen molar-refractivity contribution in [3.8, 4) is 22.8 Å². The Balaban J connectivity index is 1.73. The molecule has 4 aromatic rings. The lowest BCUT2D eigenvalue weighted by Gasteiger charge is -2.10. The van der Waals surface area contributed by atoms with Crippen LogP contribution in [0.15, 0.2) is 78.2 Å². The molecule has 0 aliphatic carbocycles. The molecule has 154 valence electrons. The van der Waals surface area contributed by atoms with Crippen molar-refractivity contribution in [2.24, 2.45) is 5.10 Å². The summed E-state index contributed by atoms with van der Waals surface area (Å²) in [5.41, 5.74) is 5.99. The Morgan fingerprint density at radius 1 is 1.00 bits per heavy atom. The molecular formula is C24H20N4O3. The lowest BCUT2D eigenvalue weighted by atomic mass is 10.0. The maximum Gasteiger partial charge on any atom is 0.272 e. The molecule has 2 heterocycles. The van der Waals surface area contributed by atoms with Crippen LogP contribution in [0.2, 0.25) is 0 Å². The summed E-state index contributed by atoms with van der Waals surface area (Å²) in [6.45, 7) is 1.85. The van der Waals surface area contributed by atoms with Gasteiger partial charge in [-0.1, -0.05) is 25.1 Å². The number of hydrogen-bond donors (Lipinski definition) is 3. The van der Waals surface area contributed by atoms with E-state index in [4.69, 9.17) is 0 Å². The minimum absolute atomic E-state index is 0.00222. The number of carbonyl (C=O) groups excluding carboxylic acids is 1. The molecule has 0 bridgehead atoms. The average Bonchev–Trinajstić information content (AvgIpc) is 2.81. The highest BCUT2D eigenvalue weighted by Crippen LogP contribution is 2.25. The second-order valence-corrected chi connectivity index (χ2v) is 6.86. The van der Waals surface area contributed by atoms with Crippen LogP contribution < -0.4 is 5.43 Å². The van der Waals surface area contributed by atoms with Gasteiger partial charge in [0.2, 0.25) is 0 Å². The van der Waals surface area contributed by atoms with Gasteiger partial charge in [0.05, 0.1) is 22.5 Å². The number of fused-ring (bicyclic) bond motifs is 1. The Morgan fingerprint density at radius 3 is 2.55 bits per heavy atom. The van der Waals surface area contributed by atoms with Gasteiger partial charge in [-0.05, 0) is 48.9 Å². The first-order valence-electron chi connectivity index (χ1n) is 9.76. The van der Waals surface area contributed by atoms with Gasteiger partial charge in [0, 0.05) is 28.9 Å². The zero-order valence-corrected chi connectivity index (χ0v) is 16.8. The Labute approximate surface area is 178 Å². The number of rotatable bonds is 5. The minimum Gasteiger partial charge on any atom is -0.508 e. The molecule has 7 nitrogen and oxygen atoms in total. The van der Waals surface area contributed by atoms with Crippen molar-refractivity contribution in [3.05, 3.63) is 84.2 Å². The van der Waals surface area contributed by atoms with Crippen LogP contribution in [0.1, 0.15) is 29.3 Å². The maximum absolute atomic E-state index is 13.1. The van der Waals surface area contributed by atoms with Crippen LogP contribution in [0.4, 0.5) is 0 Å². The molecule has 0 fully saturated rings. The summed E-state index contributed by atoms with van der Waals surface area (Å²) in [5, 5.41) is 24.7. The molecular weight excluding hydrogens is 392 g/mol. The van der Waals surface area contributed by atoms with E-state index in [1.54, 1.807) is 18.5 Å². The van der Waals surface area contributed by atoms with E-state index < -0.39 is 5.91 Å². The summed E-state index contributed by atoms with van der Waals surface area (Å²) >= 11 is 0. The van der Waals surface area contributed by atoms with Crippen molar-refractivity contribution < 1.29 is 15.0 Å². The first-order chi connectivity index (χ1) is 15.1. The van der Waals surface area contributed by atoms with Crippen molar-refractivity contribution in [2.75, 3.05) is 0 Å². The highest BCUT2D eigenvalue weighted by Gasteiger charge is 2.15. The van der Waals surface area contributed by atoms with Gasteiger partial charge in [0.15, 0.2) is 0 Å². The molecule has 0 unspecified atom stereocenters. The molecule has 0 radical (unpaired) electrons. The molecule has 7 heteroatoms. The number of phenols is 2. The van der Waals surface area contributed by atoms with Crippen molar-refractivity contribution >= 4 is 22.5 Å². The van der Waals surface area contributed by atoms with Crippen LogP contribution in [0.5, 0.6) is 11.5 Å². The summed E-state index contributed by atoms with van der Waals surface area (Å²) in [4.78, 5) is 21.8. The maximum atomic E-state index is 13.1. The first kappa shape index (κ1) is 20.0. The molecule has 0 aliphatic rings. The van der Waals surface area contributed by atoms with E-state index in [2.05, 4.69) is 20.5 Å². The summed E-state index contributed by atoms with van der Waals surface area (Å²) in [6, 6.07) is 17.0. The highest BCUT2D eigenvalue weighted by atomic mass is 16.3. The van der Waals surface area contributed by atoms with Gasteiger partial charge in [0.1, 0.15) is 11.5 Å². The lowest BCUT2D eigenvalue weighted by Crippen LogP contribution is -2.20. The van der Waals surface area contributed by atoms with E-state index in [1.165, 1.54) is 18.2 Å². The summed E-state index contributed by atoms with van der Waals surface area (Å²) in [5.74, 6) is -0.427. The molecule has 2 aromatic heterocycles. The van der Waals surface area contributed by atoms with Crippen LogP contribution in [0.25, 0.3) is 22.2 Å². The number of amides is 1. The summed E-state index contributed by atoms with van der Waals surface area (Å²) in [6.07, 6.45) is 3.79. The number of aromatic hydroxyl groups is 2. The van der Waals surface area contributed by atoms with E-state index in [9.17, 15) is 15.0 Å². The summed E-state index contributed by atoms with van der Waals surface area (Å²) in [7, 11) is 0. The van der Waals surface area contributed by atoms with Crippen molar-refractivity contribution in [1.82, 2.24) is 15.4 Å². The highest BCUT2D eigenvalue weighted by molar-refractivity contribution is 6.08. The van der Waals surface area contributed by atoms with Crippen molar-refractivity contribution in [2.45, 2.75) is 13.3 Å². The number of pyridine rings is 2. The fourth-order valence-corrected chi connectivity index (χ4v) is 3.30. The zero-order chi connectivity index (χ0) is 21.8. The van der Waals surface area contributed by atoms with Gasteiger partial charge in [0.25, 0.3) is 5.91 Å². The molecule has 0 saturated heterocycles. The Bertz CT molecular complexity index is 1290. The van der Waals surface area contributed by atoms with E-state index >= 15 is 0 Å². The fraction of sp³-hybridized carbons (Fsp3) is 0.0833. The second-order valence-electron chi connectivity index (χ2n) is 6.86. The van der Waals surface area contributed by atoms with Gasteiger partial charge < -0.3 is 10.2 Å². The SMILES string of the molecule is CC/C(=N/NC(=O)c1cc(-c2ccncc2)nc2ccccc12)c1cc(O)ccc1O. The van der Waals surface area contributed by atoms with Crippen LogP contribution in [-0.2, 0) is 0 Å². The molecule has 0 aliphatic heterocycles. The Morgan fingerprint density at radius 2 is 1.77 bits per heavy atom. The van der Waals surface area contributed by atoms with E-state index in [1.807, 2.05) is 43.3 Å². The van der Waals surface area contributed by atoms with E-state index in [-0.39, 0.29) is 11.5 Å². The van der Waals surface area contributed by atoms with Crippen molar-refractivity contribution in [3.63, 3.8) is 0 Å². The standard InChI is InChI=1S/C24H20N4O3/c1-2-20(19-13-16(29)7-8-23(19)30)27-28-24(31)18-14-22(15-9-11-25-12-10-15)26-21-6-4-3-5-17(18)21/h3-14,29-30H,2H2,1H3,(H,28,31)/b27-20-. The topological polar surface area (TPSA) is 108 Å². The molecule has 2 aromatic carbocycles. The molecule has 0 saturated carbocycles.